The fourth-order valence-corrected chi connectivity index (χ4v) is 5.53. The maximum absolute atomic E-state index is 13.6. The van der Waals surface area contributed by atoms with Gasteiger partial charge in [-0.3, -0.25) is 14.4 Å². The van der Waals surface area contributed by atoms with Gasteiger partial charge in [0, 0.05) is 32.0 Å². The van der Waals surface area contributed by atoms with E-state index in [0.29, 0.717) is 18.6 Å². The lowest BCUT2D eigenvalue weighted by Gasteiger charge is -2.35. The topological polar surface area (TPSA) is 118 Å². The molecular weight excluding hydrogens is 497 g/mol. The monoisotopic (exact) mass is 539 g/mol. The zero-order valence-electron chi connectivity index (χ0n) is 24.6. The maximum Gasteiger partial charge on any atom is 0.494 e. The fourth-order valence-electron chi connectivity index (χ4n) is 5.53. The summed E-state index contributed by atoms with van der Waals surface area (Å²) in [6.45, 7) is 17.0. The molecule has 2 N–H and O–H groups in total. The molecule has 1 aromatic rings. The Balaban J connectivity index is 1.54. The van der Waals surface area contributed by atoms with Crippen molar-refractivity contribution in [3.63, 3.8) is 0 Å². The molecule has 0 radical (unpaired) electrons. The molecule has 2 saturated heterocycles. The van der Waals surface area contributed by atoms with Gasteiger partial charge in [0.15, 0.2) is 0 Å². The number of aliphatic hydroxyl groups is 1. The molecule has 3 amide bonds. The van der Waals surface area contributed by atoms with Crippen LogP contribution in [0.15, 0.2) is 29.3 Å². The first-order valence-electron chi connectivity index (χ1n) is 13.7. The number of aliphatic imine (C=N–C) groups is 1. The van der Waals surface area contributed by atoms with E-state index in [9.17, 15) is 19.5 Å². The van der Waals surface area contributed by atoms with Crippen LogP contribution < -0.4 is 10.8 Å². The zero-order valence-corrected chi connectivity index (χ0v) is 24.6. The summed E-state index contributed by atoms with van der Waals surface area (Å²) in [6, 6.07) is 6.38. The summed E-state index contributed by atoms with van der Waals surface area (Å²) in [6.07, 6.45) is -0.102. The lowest BCUT2D eigenvalue weighted by Crippen LogP contribution is -2.56. The third-order valence-electron chi connectivity index (χ3n) is 8.73. The minimum absolute atomic E-state index is 0.127. The molecule has 3 aliphatic heterocycles. The van der Waals surface area contributed by atoms with Crippen molar-refractivity contribution in [1.82, 2.24) is 10.2 Å². The van der Waals surface area contributed by atoms with Gasteiger partial charge in [-0.15, -0.1) is 0 Å². The molecule has 4 rings (SSSR count). The molecule has 10 heteroatoms. The predicted octanol–water partition coefficient (Wildman–Crippen LogP) is 2.13. The SMILES string of the molecule is CC(=O)N[C@H](C(=O)N1C[C@H](O)CC1C1=NC(=O)C(C)(c2ccc(B3OC(C)(C)C(C)(C)O3)cc2)C1)C(C)(C)C. The Kier molecular flexibility index (Phi) is 7.41. The van der Waals surface area contributed by atoms with Gasteiger partial charge < -0.3 is 24.6 Å². The maximum atomic E-state index is 13.6. The highest BCUT2D eigenvalue weighted by Crippen LogP contribution is 2.39. The van der Waals surface area contributed by atoms with E-state index in [1.54, 1.807) is 4.90 Å². The minimum atomic E-state index is -0.896. The molecule has 3 aliphatic rings. The van der Waals surface area contributed by atoms with Gasteiger partial charge in [-0.1, -0.05) is 45.0 Å². The first-order valence-corrected chi connectivity index (χ1v) is 13.7. The molecule has 0 aliphatic carbocycles. The van der Waals surface area contributed by atoms with Gasteiger partial charge in [0.05, 0.1) is 28.8 Å². The van der Waals surface area contributed by atoms with Crippen molar-refractivity contribution in [3.8, 4) is 0 Å². The molecule has 0 aromatic heterocycles. The van der Waals surface area contributed by atoms with Crippen molar-refractivity contribution in [2.45, 2.75) is 110 Å². The standard InChI is InChI=1S/C29H42BN3O6/c1-17(34)31-23(26(2,3)4)24(36)33-16-20(35)14-22(33)21-15-29(9,25(37)32-21)18-10-12-19(13-11-18)30-38-27(5,6)28(7,8)39-30/h10-13,20,22-23,35H,14-16H2,1-9H3,(H,31,34)/t20-,22?,23-,29?/m1/s1. The van der Waals surface area contributed by atoms with Crippen LogP contribution in [0, 0.1) is 5.41 Å². The van der Waals surface area contributed by atoms with Gasteiger partial charge in [-0.2, -0.15) is 0 Å². The summed E-state index contributed by atoms with van der Waals surface area (Å²) in [5.74, 6) is -0.858. The Morgan fingerprint density at radius 2 is 1.67 bits per heavy atom. The predicted molar refractivity (Wildman–Crippen MR) is 150 cm³/mol. The second-order valence-corrected chi connectivity index (χ2v) is 13.5. The van der Waals surface area contributed by atoms with Crippen LogP contribution in [0.25, 0.3) is 0 Å². The van der Waals surface area contributed by atoms with Gasteiger partial charge in [0.25, 0.3) is 5.91 Å². The first-order chi connectivity index (χ1) is 17.9. The number of carbonyl (C=O) groups is 3. The lowest BCUT2D eigenvalue weighted by atomic mass is 9.74. The third-order valence-corrected chi connectivity index (χ3v) is 8.73. The molecule has 0 bridgehead atoms. The van der Waals surface area contributed by atoms with Gasteiger partial charge in [0.1, 0.15) is 6.04 Å². The van der Waals surface area contributed by atoms with E-state index in [4.69, 9.17) is 9.31 Å². The van der Waals surface area contributed by atoms with Crippen molar-refractivity contribution >= 4 is 36.0 Å². The summed E-state index contributed by atoms with van der Waals surface area (Å²) in [5, 5.41) is 13.3. The molecule has 2 unspecified atom stereocenters. The number of rotatable bonds is 5. The molecule has 4 atom stereocenters. The van der Waals surface area contributed by atoms with Gasteiger partial charge in [-0.05, 0) is 51.1 Å². The van der Waals surface area contributed by atoms with Crippen molar-refractivity contribution in [1.29, 1.82) is 0 Å². The van der Waals surface area contributed by atoms with Gasteiger partial charge in [0.2, 0.25) is 11.8 Å². The Bertz CT molecular complexity index is 1170. The number of benzene rings is 1. The van der Waals surface area contributed by atoms with Crippen LogP contribution >= 0.6 is 0 Å². The highest BCUT2D eigenvalue weighted by molar-refractivity contribution is 6.62. The van der Waals surface area contributed by atoms with Crippen molar-refractivity contribution < 1.29 is 28.8 Å². The molecule has 212 valence electrons. The number of aliphatic hydroxyl groups excluding tert-OH is 1. The zero-order chi connectivity index (χ0) is 29.1. The first kappa shape index (κ1) is 29.4. The number of carbonyl (C=O) groups excluding carboxylic acids is 3. The highest BCUT2D eigenvalue weighted by Gasteiger charge is 2.52. The van der Waals surface area contributed by atoms with Crippen LogP contribution in [-0.4, -0.2) is 76.5 Å². The Labute approximate surface area is 231 Å². The van der Waals surface area contributed by atoms with Crippen LogP contribution in [0.1, 0.15) is 80.7 Å². The average Bonchev–Trinajstić information content (AvgIpc) is 3.42. The summed E-state index contributed by atoms with van der Waals surface area (Å²) < 4.78 is 12.3. The Morgan fingerprint density at radius 1 is 1.10 bits per heavy atom. The number of hydrogen-bond donors (Lipinski definition) is 2. The van der Waals surface area contributed by atoms with Crippen LogP contribution in [0.2, 0.25) is 0 Å². The summed E-state index contributed by atoms with van der Waals surface area (Å²) in [4.78, 5) is 44.8. The largest absolute Gasteiger partial charge is 0.494 e. The van der Waals surface area contributed by atoms with Crippen LogP contribution in [0.5, 0.6) is 0 Å². The van der Waals surface area contributed by atoms with Crippen molar-refractivity contribution in [3.05, 3.63) is 29.8 Å². The van der Waals surface area contributed by atoms with E-state index in [1.807, 2.05) is 79.7 Å². The fraction of sp³-hybridized carbons (Fsp3) is 0.655. The third kappa shape index (κ3) is 5.43. The normalized spacial score (nSPS) is 29.0. The molecule has 1 aromatic carbocycles. The number of nitrogens with zero attached hydrogens (tertiary/aromatic N) is 2. The molecule has 9 nitrogen and oxygen atoms in total. The van der Waals surface area contributed by atoms with Crippen molar-refractivity contribution in [2.75, 3.05) is 6.54 Å². The molecule has 2 fully saturated rings. The molecule has 0 saturated carbocycles. The van der Waals surface area contributed by atoms with E-state index in [0.717, 1.165) is 11.0 Å². The second-order valence-electron chi connectivity index (χ2n) is 13.5. The highest BCUT2D eigenvalue weighted by atomic mass is 16.7. The van der Waals surface area contributed by atoms with Gasteiger partial charge >= 0.3 is 7.12 Å². The summed E-state index contributed by atoms with van der Waals surface area (Å²) >= 11 is 0. The number of β-amino-alcohol motifs (C(OH)–C–C–N with tert-alkyl or cyclic N) is 1. The molecule has 0 spiro atoms. The Morgan fingerprint density at radius 3 is 2.18 bits per heavy atom. The summed E-state index contributed by atoms with van der Waals surface area (Å²) in [7, 11) is -0.498. The number of likely N-dealkylation sites (tertiary alicyclic amines) is 1. The van der Waals surface area contributed by atoms with Crippen LogP contribution in [-0.2, 0) is 29.1 Å². The van der Waals surface area contributed by atoms with Crippen LogP contribution in [0.4, 0.5) is 0 Å². The Hall–Kier alpha value is -2.56. The number of amides is 3. The molecule has 3 heterocycles. The van der Waals surface area contributed by atoms with Crippen molar-refractivity contribution in [2.24, 2.45) is 10.4 Å². The number of nitrogens with one attached hydrogen (secondary N) is 1. The van der Waals surface area contributed by atoms with Crippen LogP contribution in [0.3, 0.4) is 0 Å². The molecular formula is C29H42BN3O6. The van der Waals surface area contributed by atoms with Gasteiger partial charge in [-0.25, -0.2) is 4.99 Å². The van der Waals surface area contributed by atoms with E-state index in [2.05, 4.69) is 10.3 Å². The van der Waals surface area contributed by atoms with E-state index < -0.39 is 47.3 Å². The minimum Gasteiger partial charge on any atom is -0.399 e. The average molecular weight is 539 g/mol. The quantitative estimate of drug-likeness (QED) is 0.554. The van der Waals surface area contributed by atoms with E-state index in [1.165, 1.54) is 6.92 Å². The summed E-state index contributed by atoms with van der Waals surface area (Å²) in [5.41, 5.74) is -0.0725. The number of hydrogen-bond acceptors (Lipinski definition) is 6. The molecule has 39 heavy (non-hydrogen) atoms. The smallest absolute Gasteiger partial charge is 0.399 e. The second kappa shape index (κ2) is 9.82. The van der Waals surface area contributed by atoms with E-state index in [-0.39, 0.29) is 24.3 Å². The lowest BCUT2D eigenvalue weighted by molar-refractivity contribution is -0.139. The van der Waals surface area contributed by atoms with E-state index >= 15 is 0 Å².